The molecule has 3 aromatic carbocycles. The van der Waals surface area contributed by atoms with E-state index in [2.05, 4.69) is 5.32 Å². The fourth-order valence-electron chi connectivity index (χ4n) is 3.38. The molecule has 4 rings (SSSR count). The number of benzene rings is 3. The number of nitrogens with one attached hydrogen (secondary N) is 1. The van der Waals surface area contributed by atoms with Crippen LogP contribution in [0.3, 0.4) is 0 Å². The van der Waals surface area contributed by atoms with Crippen LogP contribution in [0.15, 0.2) is 66.7 Å². The van der Waals surface area contributed by atoms with Crippen molar-refractivity contribution in [1.29, 1.82) is 0 Å². The van der Waals surface area contributed by atoms with Crippen molar-refractivity contribution >= 4 is 23.2 Å². The molecule has 3 aromatic rings. The minimum atomic E-state index is -0.198. The van der Waals surface area contributed by atoms with E-state index >= 15 is 0 Å². The summed E-state index contributed by atoms with van der Waals surface area (Å²) in [6.07, 6.45) is 0. The van der Waals surface area contributed by atoms with Gasteiger partial charge in [0, 0.05) is 23.4 Å². The molecular formula is C24H22N2O3. The van der Waals surface area contributed by atoms with Gasteiger partial charge in [0.05, 0.1) is 11.3 Å². The summed E-state index contributed by atoms with van der Waals surface area (Å²) >= 11 is 0. The molecule has 1 N–H and O–H groups in total. The quantitative estimate of drug-likeness (QED) is 0.655. The molecule has 0 unspecified atom stereocenters. The van der Waals surface area contributed by atoms with E-state index in [4.69, 9.17) is 4.74 Å². The van der Waals surface area contributed by atoms with Gasteiger partial charge in [0.2, 0.25) is 0 Å². The third kappa shape index (κ3) is 3.59. The monoisotopic (exact) mass is 386 g/mol. The predicted octanol–water partition coefficient (Wildman–Crippen LogP) is 5.41. The SMILES string of the molecule is Cc1ccc(C(=O)Nc2ccc3c(c2)Oc2ccccc2C(=O)N3C(C)C)cc1. The molecule has 1 aliphatic rings. The van der Waals surface area contributed by atoms with E-state index in [-0.39, 0.29) is 17.9 Å². The second-order valence-corrected chi connectivity index (χ2v) is 7.37. The largest absolute Gasteiger partial charge is 0.454 e. The number of hydrogen-bond donors (Lipinski definition) is 1. The maximum Gasteiger partial charge on any atom is 0.262 e. The molecule has 0 saturated heterocycles. The van der Waals surface area contributed by atoms with E-state index in [9.17, 15) is 9.59 Å². The normalized spacial score (nSPS) is 12.7. The van der Waals surface area contributed by atoms with Crippen LogP contribution in [0.5, 0.6) is 11.5 Å². The Labute approximate surface area is 169 Å². The van der Waals surface area contributed by atoms with E-state index in [1.54, 1.807) is 41.3 Å². The van der Waals surface area contributed by atoms with Gasteiger partial charge in [-0.1, -0.05) is 29.8 Å². The zero-order chi connectivity index (χ0) is 20.5. The van der Waals surface area contributed by atoms with Crippen LogP contribution in [-0.2, 0) is 0 Å². The molecule has 5 heteroatoms. The lowest BCUT2D eigenvalue weighted by atomic mass is 10.1. The van der Waals surface area contributed by atoms with Crippen LogP contribution in [0, 0.1) is 6.92 Å². The molecule has 0 atom stereocenters. The van der Waals surface area contributed by atoms with Crippen LogP contribution in [0.25, 0.3) is 0 Å². The van der Waals surface area contributed by atoms with Crippen LogP contribution in [0.2, 0.25) is 0 Å². The molecule has 0 saturated carbocycles. The Hall–Kier alpha value is -3.60. The Balaban J connectivity index is 1.70. The average molecular weight is 386 g/mol. The molecule has 1 aliphatic heterocycles. The molecule has 2 amide bonds. The molecule has 5 nitrogen and oxygen atoms in total. The van der Waals surface area contributed by atoms with E-state index in [1.807, 2.05) is 51.1 Å². The molecule has 0 aliphatic carbocycles. The van der Waals surface area contributed by atoms with Crippen molar-refractivity contribution in [2.45, 2.75) is 26.8 Å². The molecule has 146 valence electrons. The maximum atomic E-state index is 13.1. The summed E-state index contributed by atoms with van der Waals surface area (Å²) < 4.78 is 6.08. The molecule has 1 heterocycles. The maximum absolute atomic E-state index is 13.1. The second kappa shape index (κ2) is 7.43. The lowest BCUT2D eigenvalue weighted by Crippen LogP contribution is -2.36. The number of ether oxygens (including phenoxy) is 1. The van der Waals surface area contributed by atoms with Gasteiger partial charge in [-0.3, -0.25) is 9.59 Å². The molecule has 0 radical (unpaired) electrons. The average Bonchev–Trinajstić information content (AvgIpc) is 2.82. The molecule has 0 fully saturated rings. The first-order chi connectivity index (χ1) is 13.9. The molecular weight excluding hydrogens is 364 g/mol. The van der Waals surface area contributed by atoms with Gasteiger partial charge in [-0.2, -0.15) is 0 Å². The first-order valence-corrected chi connectivity index (χ1v) is 9.56. The van der Waals surface area contributed by atoms with Gasteiger partial charge in [0.15, 0.2) is 5.75 Å². The lowest BCUT2D eigenvalue weighted by Gasteiger charge is -2.26. The Kier molecular flexibility index (Phi) is 4.80. The van der Waals surface area contributed by atoms with Gasteiger partial charge in [0.1, 0.15) is 5.75 Å². The van der Waals surface area contributed by atoms with Gasteiger partial charge in [-0.25, -0.2) is 0 Å². The topological polar surface area (TPSA) is 58.6 Å². The number of anilines is 2. The second-order valence-electron chi connectivity index (χ2n) is 7.37. The third-order valence-corrected chi connectivity index (χ3v) is 4.86. The van der Waals surface area contributed by atoms with E-state index in [1.165, 1.54) is 0 Å². The Bertz CT molecular complexity index is 1090. The molecule has 0 spiro atoms. The highest BCUT2D eigenvalue weighted by Crippen LogP contribution is 2.41. The summed E-state index contributed by atoms with van der Waals surface area (Å²) in [4.78, 5) is 27.4. The molecule has 29 heavy (non-hydrogen) atoms. The summed E-state index contributed by atoms with van der Waals surface area (Å²) in [6, 6.07) is 19.9. The summed E-state index contributed by atoms with van der Waals surface area (Å²) in [5, 5.41) is 2.91. The van der Waals surface area contributed by atoms with Crippen molar-refractivity contribution in [2.75, 3.05) is 10.2 Å². The van der Waals surface area contributed by atoms with Gasteiger partial charge in [0.25, 0.3) is 11.8 Å². The smallest absolute Gasteiger partial charge is 0.262 e. The van der Waals surface area contributed by atoms with Gasteiger partial charge in [-0.15, -0.1) is 0 Å². The van der Waals surface area contributed by atoms with E-state index < -0.39 is 0 Å². The highest BCUT2D eigenvalue weighted by atomic mass is 16.5. The van der Waals surface area contributed by atoms with Crippen LogP contribution in [-0.4, -0.2) is 17.9 Å². The van der Waals surface area contributed by atoms with Gasteiger partial charge in [-0.05, 0) is 57.2 Å². The summed E-state index contributed by atoms with van der Waals surface area (Å²) in [5.41, 5.74) is 3.47. The van der Waals surface area contributed by atoms with E-state index in [0.29, 0.717) is 34.0 Å². The third-order valence-electron chi connectivity index (χ3n) is 4.86. The van der Waals surface area contributed by atoms with Gasteiger partial charge >= 0.3 is 0 Å². The lowest BCUT2D eigenvalue weighted by molar-refractivity contribution is 0.0979. The highest BCUT2D eigenvalue weighted by Gasteiger charge is 2.30. The fraction of sp³-hybridized carbons (Fsp3) is 0.167. The predicted molar refractivity (Wildman–Crippen MR) is 114 cm³/mol. The van der Waals surface area contributed by atoms with Crippen molar-refractivity contribution in [3.8, 4) is 11.5 Å². The van der Waals surface area contributed by atoms with Crippen LogP contribution < -0.4 is 15.0 Å². The number of para-hydroxylation sites is 1. The van der Waals surface area contributed by atoms with E-state index in [0.717, 1.165) is 5.56 Å². The first-order valence-electron chi connectivity index (χ1n) is 9.56. The molecule has 0 bridgehead atoms. The number of fused-ring (bicyclic) bond motifs is 2. The van der Waals surface area contributed by atoms with Crippen LogP contribution in [0.1, 0.15) is 40.1 Å². The molecule has 0 aromatic heterocycles. The highest BCUT2D eigenvalue weighted by molar-refractivity contribution is 6.10. The van der Waals surface area contributed by atoms with Crippen molar-refractivity contribution < 1.29 is 14.3 Å². The number of amides is 2. The number of carbonyl (C=O) groups excluding carboxylic acids is 2. The van der Waals surface area contributed by atoms with Gasteiger partial charge < -0.3 is 15.0 Å². The Morgan fingerprint density at radius 1 is 0.966 bits per heavy atom. The minimum absolute atomic E-state index is 0.0518. The summed E-state index contributed by atoms with van der Waals surface area (Å²) in [7, 11) is 0. The number of aryl methyl sites for hydroxylation is 1. The van der Waals surface area contributed by atoms with Crippen molar-refractivity contribution in [2.24, 2.45) is 0 Å². The first kappa shape index (κ1) is 18.7. The van der Waals surface area contributed by atoms with Crippen molar-refractivity contribution in [3.05, 3.63) is 83.4 Å². The van der Waals surface area contributed by atoms with Crippen LogP contribution in [0.4, 0.5) is 11.4 Å². The summed E-state index contributed by atoms with van der Waals surface area (Å²) in [5.74, 6) is 0.726. The minimum Gasteiger partial charge on any atom is -0.454 e. The zero-order valence-corrected chi connectivity index (χ0v) is 16.6. The van der Waals surface area contributed by atoms with Crippen molar-refractivity contribution in [3.63, 3.8) is 0 Å². The zero-order valence-electron chi connectivity index (χ0n) is 16.6. The van der Waals surface area contributed by atoms with Crippen molar-refractivity contribution in [1.82, 2.24) is 0 Å². The fourth-order valence-corrected chi connectivity index (χ4v) is 3.38. The number of hydrogen-bond acceptors (Lipinski definition) is 3. The standard InChI is InChI=1S/C24H22N2O3/c1-15(2)26-20-13-12-18(25-23(27)17-10-8-16(3)9-11-17)14-22(20)29-21-7-5-4-6-19(21)24(26)28/h4-15H,1-3H3,(H,25,27). The number of carbonyl (C=O) groups is 2. The Morgan fingerprint density at radius 2 is 1.69 bits per heavy atom. The number of nitrogens with zero attached hydrogens (tertiary/aromatic N) is 1. The van der Waals surface area contributed by atoms with Crippen LogP contribution >= 0.6 is 0 Å². The Morgan fingerprint density at radius 3 is 2.41 bits per heavy atom. The summed E-state index contributed by atoms with van der Waals surface area (Å²) in [6.45, 7) is 5.90. The number of rotatable bonds is 3.